The molecule has 1 fully saturated rings. The summed E-state index contributed by atoms with van der Waals surface area (Å²) < 4.78 is 5.64. The summed E-state index contributed by atoms with van der Waals surface area (Å²) in [6, 6.07) is 6.07. The van der Waals surface area contributed by atoms with Gasteiger partial charge in [0, 0.05) is 11.6 Å². The Morgan fingerprint density at radius 2 is 2.16 bits per heavy atom. The second-order valence-electron chi connectivity index (χ2n) is 4.73. The number of aryl methyl sites for hydroxylation is 2. The van der Waals surface area contributed by atoms with E-state index in [9.17, 15) is 4.79 Å². The van der Waals surface area contributed by atoms with Crippen molar-refractivity contribution in [2.24, 2.45) is 0 Å². The molecule has 0 saturated carbocycles. The number of ether oxygens (including phenoxy) is 1. The van der Waals surface area contributed by atoms with E-state index in [2.05, 4.69) is 16.7 Å². The van der Waals surface area contributed by atoms with Crippen LogP contribution < -0.4 is 15.4 Å². The lowest BCUT2D eigenvalue weighted by Gasteiger charge is -2.12. The first-order valence-electron chi connectivity index (χ1n) is 6.45. The summed E-state index contributed by atoms with van der Waals surface area (Å²) in [7, 11) is 0. The van der Waals surface area contributed by atoms with E-state index in [0.29, 0.717) is 13.2 Å². The van der Waals surface area contributed by atoms with Gasteiger partial charge >= 0.3 is 0 Å². The minimum atomic E-state index is -0.0498. The molecule has 0 aromatic heterocycles. The molecule has 1 aromatic rings. The van der Waals surface area contributed by atoms with E-state index in [1.807, 2.05) is 26.0 Å². The lowest BCUT2D eigenvalue weighted by molar-refractivity contribution is -0.122. The number of hydrogen-bond donors (Lipinski definition) is 2. The Balaban J connectivity index is 1.70. The van der Waals surface area contributed by atoms with Gasteiger partial charge in [0.05, 0.1) is 12.6 Å². The molecule has 0 spiro atoms. The van der Waals surface area contributed by atoms with Gasteiger partial charge in [-0.3, -0.25) is 10.1 Å². The zero-order chi connectivity index (χ0) is 13.7. The fourth-order valence-corrected chi connectivity index (χ4v) is 2.99. The first-order chi connectivity index (χ1) is 9.15. The van der Waals surface area contributed by atoms with Gasteiger partial charge in [0.1, 0.15) is 12.4 Å². The number of thioether (sulfide) groups is 1. The summed E-state index contributed by atoms with van der Waals surface area (Å²) in [5.74, 6) is 2.64. The van der Waals surface area contributed by atoms with Crippen LogP contribution in [0.25, 0.3) is 0 Å². The largest absolute Gasteiger partial charge is 0.492 e. The normalized spacial score (nSPS) is 18.3. The summed E-state index contributed by atoms with van der Waals surface area (Å²) in [4.78, 5) is 11.7. The van der Waals surface area contributed by atoms with Crippen molar-refractivity contribution in [2.45, 2.75) is 19.9 Å². The van der Waals surface area contributed by atoms with Crippen molar-refractivity contribution < 1.29 is 9.53 Å². The molecule has 1 saturated heterocycles. The van der Waals surface area contributed by atoms with Gasteiger partial charge in [-0.05, 0) is 37.1 Å². The van der Waals surface area contributed by atoms with Crippen LogP contribution in [0.3, 0.4) is 0 Å². The first kappa shape index (κ1) is 14.2. The van der Waals surface area contributed by atoms with Crippen LogP contribution in [0.5, 0.6) is 5.75 Å². The van der Waals surface area contributed by atoms with Crippen molar-refractivity contribution in [2.75, 3.05) is 24.8 Å². The molecule has 19 heavy (non-hydrogen) atoms. The predicted molar refractivity (Wildman–Crippen MR) is 78.7 cm³/mol. The Morgan fingerprint density at radius 3 is 2.79 bits per heavy atom. The molecule has 1 heterocycles. The molecule has 0 radical (unpaired) electrons. The minimum absolute atomic E-state index is 0.0498. The second-order valence-corrected chi connectivity index (χ2v) is 5.76. The molecular formula is C14H20N2O2S. The topological polar surface area (TPSA) is 50.4 Å². The monoisotopic (exact) mass is 280 g/mol. The Kier molecular flexibility index (Phi) is 5.10. The maximum absolute atomic E-state index is 11.7. The van der Waals surface area contributed by atoms with Crippen LogP contribution >= 0.6 is 11.8 Å². The molecule has 104 valence electrons. The lowest BCUT2D eigenvalue weighted by atomic mass is 10.1. The van der Waals surface area contributed by atoms with Crippen molar-refractivity contribution in [3.63, 3.8) is 0 Å². The number of nitrogens with one attached hydrogen (secondary N) is 2. The molecule has 0 aliphatic carbocycles. The van der Waals surface area contributed by atoms with Crippen LogP contribution in [0.2, 0.25) is 0 Å². The van der Waals surface area contributed by atoms with Crippen molar-refractivity contribution in [3.8, 4) is 5.75 Å². The van der Waals surface area contributed by atoms with Crippen LogP contribution in [0.1, 0.15) is 11.1 Å². The van der Waals surface area contributed by atoms with Gasteiger partial charge in [-0.15, -0.1) is 11.8 Å². The first-order valence-corrected chi connectivity index (χ1v) is 7.60. The Labute approximate surface area is 118 Å². The van der Waals surface area contributed by atoms with Crippen LogP contribution in [0.15, 0.2) is 18.2 Å². The van der Waals surface area contributed by atoms with Crippen molar-refractivity contribution in [1.29, 1.82) is 0 Å². The van der Waals surface area contributed by atoms with E-state index in [1.54, 1.807) is 11.8 Å². The van der Waals surface area contributed by atoms with E-state index < -0.39 is 0 Å². The van der Waals surface area contributed by atoms with Gasteiger partial charge in [-0.25, -0.2) is 0 Å². The molecule has 0 bridgehead atoms. The molecular weight excluding hydrogens is 260 g/mol. The van der Waals surface area contributed by atoms with Gasteiger partial charge < -0.3 is 10.1 Å². The number of amides is 1. The molecule has 2 N–H and O–H groups in total. The average Bonchev–Trinajstić information content (AvgIpc) is 2.87. The molecule has 5 heteroatoms. The van der Waals surface area contributed by atoms with Crippen LogP contribution in [-0.4, -0.2) is 36.7 Å². The van der Waals surface area contributed by atoms with Gasteiger partial charge in [-0.1, -0.05) is 6.07 Å². The summed E-state index contributed by atoms with van der Waals surface area (Å²) in [6.45, 7) is 5.12. The second kappa shape index (κ2) is 6.82. The fourth-order valence-electron chi connectivity index (χ4n) is 2.05. The molecule has 2 rings (SSSR count). The van der Waals surface area contributed by atoms with Crippen molar-refractivity contribution in [1.82, 2.24) is 10.6 Å². The van der Waals surface area contributed by atoms with E-state index in [0.717, 1.165) is 17.4 Å². The number of carbonyl (C=O) groups is 1. The Bertz CT molecular complexity index is 425. The fraction of sp³-hybridized carbons (Fsp3) is 0.500. The standard InChI is InChI=1S/C14H20N2O2S/c1-10-5-11(2)7-12(6-10)18-4-3-15-14(17)13-8-19-9-16-13/h5-7,13,16H,3-4,8-9H2,1-2H3,(H,15,17). The van der Waals surface area contributed by atoms with Crippen LogP contribution in [0.4, 0.5) is 0 Å². The van der Waals surface area contributed by atoms with Gasteiger partial charge in [0.2, 0.25) is 5.91 Å². The number of hydrogen-bond acceptors (Lipinski definition) is 4. The van der Waals surface area contributed by atoms with E-state index >= 15 is 0 Å². The van der Waals surface area contributed by atoms with Gasteiger partial charge in [0.15, 0.2) is 0 Å². The van der Waals surface area contributed by atoms with E-state index in [4.69, 9.17) is 4.74 Å². The zero-order valence-corrected chi connectivity index (χ0v) is 12.2. The molecule has 1 aromatic carbocycles. The van der Waals surface area contributed by atoms with Crippen molar-refractivity contribution in [3.05, 3.63) is 29.3 Å². The maximum Gasteiger partial charge on any atom is 0.238 e. The van der Waals surface area contributed by atoms with E-state index in [1.165, 1.54) is 11.1 Å². The Morgan fingerprint density at radius 1 is 1.42 bits per heavy atom. The summed E-state index contributed by atoms with van der Waals surface area (Å²) in [5, 5.41) is 6.02. The molecule has 4 nitrogen and oxygen atoms in total. The quantitative estimate of drug-likeness (QED) is 0.802. The lowest BCUT2D eigenvalue weighted by Crippen LogP contribution is -2.43. The number of benzene rings is 1. The highest BCUT2D eigenvalue weighted by Gasteiger charge is 2.21. The summed E-state index contributed by atoms with van der Waals surface area (Å²) in [6.07, 6.45) is 0. The molecule has 1 amide bonds. The van der Waals surface area contributed by atoms with Crippen LogP contribution in [0, 0.1) is 13.8 Å². The third-order valence-corrected chi connectivity index (χ3v) is 3.84. The zero-order valence-electron chi connectivity index (χ0n) is 11.4. The van der Waals surface area contributed by atoms with Crippen LogP contribution in [-0.2, 0) is 4.79 Å². The smallest absolute Gasteiger partial charge is 0.238 e. The molecule has 1 aliphatic heterocycles. The third kappa shape index (κ3) is 4.44. The summed E-state index contributed by atoms with van der Waals surface area (Å²) in [5.41, 5.74) is 2.37. The van der Waals surface area contributed by atoms with E-state index in [-0.39, 0.29) is 11.9 Å². The Hall–Kier alpha value is -1.20. The molecule has 1 atom stereocenters. The molecule has 1 unspecified atom stereocenters. The molecule has 1 aliphatic rings. The SMILES string of the molecule is Cc1cc(C)cc(OCCNC(=O)C2CSCN2)c1. The van der Waals surface area contributed by atoms with Gasteiger partial charge in [0.25, 0.3) is 0 Å². The predicted octanol–water partition coefficient (Wildman–Crippen LogP) is 1.46. The highest BCUT2D eigenvalue weighted by Crippen LogP contribution is 2.15. The number of rotatable bonds is 5. The van der Waals surface area contributed by atoms with Crippen molar-refractivity contribution >= 4 is 17.7 Å². The summed E-state index contributed by atoms with van der Waals surface area (Å²) >= 11 is 1.75. The highest BCUT2D eigenvalue weighted by atomic mass is 32.2. The third-order valence-electron chi connectivity index (χ3n) is 2.90. The maximum atomic E-state index is 11.7. The minimum Gasteiger partial charge on any atom is -0.492 e. The number of carbonyl (C=O) groups excluding carboxylic acids is 1. The van der Waals surface area contributed by atoms with Gasteiger partial charge in [-0.2, -0.15) is 0 Å². The average molecular weight is 280 g/mol. The highest BCUT2D eigenvalue weighted by molar-refractivity contribution is 7.99.